The molecule has 6 heteroatoms. The topological polar surface area (TPSA) is 48.6 Å². The zero-order valence-corrected chi connectivity index (χ0v) is 19.3. The number of fused-ring (bicyclic) bond motifs is 3. The van der Waals surface area contributed by atoms with Gasteiger partial charge in [-0.3, -0.25) is 10.2 Å². The fourth-order valence-electron chi connectivity index (χ4n) is 5.17. The Bertz CT molecular complexity index is 1050. The van der Waals surface area contributed by atoms with Crippen LogP contribution < -0.4 is 9.88 Å². The second kappa shape index (κ2) is 9.31. The molecule has 0 radical (unpaired) electrons. The van der Waals surface area contributed by atoms with Gasteiger partial charge in [0, 0.05) is 36.0 Å². The van der Waals surface area contributed by atoms with E-state index in [0.29, 0.717) is 11.8 Å². The normalized spacial score (nSPS) is 18.7. The van der Waals surface area contributed by atoms with Crippen LogP contribution >= 0.6 is 11.3 Å². The van der Waals surface area contributed by atoms with E-state index in [1.54, 1.807) is 0 Å². The van der Waals surface area contributed by atoms with E-state index < -0.39 is 0 Å². The van der Waals surface area contributed by atoms with Gasteiger partial charge in [0.15, 0.2) is 5.52 Å². The van der Waals surface area contributed by atoms with E-state index >= 15 is 0 Å². The zero-order valence-electron chi connectivity index (χ0n) is 18.5. The number of ether oxygens (including phenoxy) is 1. The highest BCUT2D eigenvalue weighted by Crippen LogP contribution is 2.40. The third-order valence-electron chi connectivity index (χ3n) is 6.95. The number of aryl methyl sites for hydroxylation is 2. The van der Waals surface area contributed by atoms with E-state index in [2.05, 4.69) is 33.8 Å². The van der Waals surface area contributed by atoms with Crippen molar-refractivity contribution in [1.29, 1.82) is 0 Å². The lowest BCUT2D eigenvalue weighted by Gasteiger charge is -2.26. The number of morpholine rings is 1. The van der Waals surface area contributed by atoms with Crippen LogP contribution in [0.25, 0.3) is 21.0 Å². The van der Waals surface area contributed by atoms with E-state index in [-0.39, 0.29) is 0 Å². The number of anilines is 1. The van der Waals surface area contributed by atoms with E-state index in [1.807, 2.05) is 23.5 Å². The first-order valence-electron chi connectivity index (χ1n) is 11.9. The Morgan fingerprint density at radius 2 is 1.87 bits per heavy atom. The van der Waals surface area contributed by atoms with Gasteiger partial charge in [-0.1, -0.05) is 24.6 Å². The quantitative estimate of drug-likeness (QED) is 0.540. The summed E-state index contributed by atoms with van der Waals surface area (Å²) >= 11 is 1.82. The second-order valence-corrected chi connectivity index (χ2v) is 10.0. The third kappa shape index (κ3) is 4.26. The van der Waals surface area contributed by atoms with Gasteiger partial charge < -0.3 is 9.84 Å². The number of rotatable bonds is 6. The third-order valence-corrected chi connectivity index (χ3v) is 8.19. The van der Waals surface area contributed by atoms with Crippen LogP contribution in [0.4, 0.5) is 5.13 Å². The van der Waals surface area contributed by atoms with Gasteiger partial charge in [-0.15, -0.1) is 0 Å². The van der Waals surface area contributed by atoms with Gasteiger partial charge in [-0.05, 0) is 56.4 Å². The van der Waals surface area contributed by atoms with Crippen LogP contribution in [0.15, 0.2) is 24.3 Å². The second-order valence-electron chi connectivity index (χ2n) is 9.04. The molecule has 0 atom stereocenters. The van der Waals surface area contributed by atoms with Crippen molar-refractivity contribution in [2.75, 3.05) is 38.2 Å². The number of nitrogens with one attached hydrogen (secondary N) is 1. The van der Waals surface area contributed by atoms with Crippen LogP contribution in [0, 0.1) is 6.92 Å². The van der Waals surface area contributed by atoms with E-state index in [1.165, 1.54) is 47.5 Å². The predicted octanol–water partition coefficient (Wildman–Crippen LogP) is 4.82. The monoisotopic (exact) mass is 440 g/mol. The summed E-state index contributed by atoms with van der Waals surface area (Å²) < 4.78 is 9.22. The number of phenolic OH excluding ortho intramolecular Hbond substituents is 1. The van der Waals surface area contributed by atoms with Crippen LogP contribution in [0.3, 0.4) is 0 Å². The number of phenols is 1. The first kappa shape index (κ1) is 21.0. The summed E-state index contributed by atoms with van der Waals surface area (Å²) in [7, 11) is 0. The fraction of sp³-hybridized carbons (Fsp3) is 0.560. The summed E-state index contributed by atoms with van der Waals surface area (Å²) in [6, 6.07) is 8.87. The maximum absolute atomic E-state index is 10.9. The Hall–Kier alpha value is -1.89. The molecule has 1 aliphatic carbocycles. The van der Waals surface area contributed by atoms with Gasteiger partial charge in [0.1, 0.15) is 5.75 Å². The molecule has 3 aromatic rings. The molecule has 5 nitrogen and oxygen atoms in total. The molecule has 2 heterocycles. The Labute approximate surface area is 188 Å². The van der Waals surface area contributed by atoms with E-state index in [4.69, 9.17) is 4.74 Å². The summed E-state index contributed by atoms with van der Waals surface area (Å²) in [5, 5.41) is 18.1. The fourth-order valence-corrected chi connectivity index (χ4v) is 6.45. The molecule has 5 rings (SSSR count). The molecular formula is C25H34N3O2S+. The molecule has 166 valence electrons. The largest absolute Gasteiger partial charge is 0.507 e. The minimum Gasteiger partial charge on any atom is -0.507 e. The summed E-state index contributed by atoms with van der Waals surface area (Å²) in [6.45, 7) is 7.93. The lowest BCUT2D eigenvalue weighted by molar-refractivity contribution is -0.653. The van der Waals surface area contributed by atoms with E-state index in [0.717, 1.165) is 62.1 Å². The van der Waals surface area contributed by atoms with Crippen LogP contribution in [0.2, 0.25) is 0 Å². The Balaban J connectivity index is 1.52. The van der Waals surface area contributed by atoms with Gasteiger partial charge in [-0.25, -0.2) is 4.57 Å². The number of aromatic nitrogens is 1. The molecule has 0 bridgehead atoms. The summed E-state index contributed by atoms with van der Waals surface area (Å²) in [5.41, 5.74) is 2.27. The summed E-state index contributed by atoms with van der Waals surface area (Å²) in [5.74, 6) is 0.425. The van der Waals surface area contributed by atoms with E-state index in [9.17, 15) is 5.11 Å². The highest BCUT2D eigenvalue weighted by molar-refractivity contribution is 7.22. The molecule has 2 aliphatic rings. The van der Waals surface area contributed by atoms with Gasteiger partial charge in [0.05, 0.1) is 30.5 Å². The number of nitrogens with zero attached hydrogens (tertiary/aromatic N) is 2. The summed E-state index contributed by atoms with van der Waals surface area (Å²) in [4.78, 5) is 2.52. The molecule has 1 saturated carbocycles. The molecular weight excluding hydrogens is 406 g/mol. The molecule has 1 aromatic heterocycles. The standard InChI is InChI=1S/C25H33N3O2S/c1-18-23(29)21-11-6-5-10-20(21)22-24(18)31-25(26-19-8-3-2-4-9-19)28(22)13-7-12-27-14-16-30-17-15-27/h5-6,10-11,19,29H,2-4,7-9,12-17H2,1H3/p+1. The molecule has 2 N–H and O–H groups in total. The van der Waals surface area contributed by atoms with Gasteiger partial charge in [0.25, 0.3) is 0 Å². The average Bonchev–Trinajstić information content (AvgIpc) is 3.17. The highest BCUT2D eigenvalue weighted by atomic mass is 32.1. The number of benzene rings is 2. The Morgan fingerprint density at radius 3 is 2.65 bits per heavy atom. The smallest absolute Gasteiger partial charge is 0.335 e. The van der Waals surface area contributed by atoms with Crippen LogP contribution in [-0.4, -0.2) is 48.9 Å². The molecule has 0 unspecified atom stereocenters. The Morgan fingerprint density at radius 1 is 1.13 bits per heavy atom. The van der Waals surface area contributed by atoms with Crippen molar-refractivity contribution >= 4 is 37.5 Å². The molecule has 31 heavy (non-hydrogen) atoms. The van der Waals surface area contributed by atoms with Crippen molar-refractivity contribution in [2.24, 2.45) is 0 Å². The first-order valence-corrected chi connectivity index (χ1v) is 12.7. The van der Waals surface area contributed by atoms with Crippen molar-refractivity contribution in [3.05, 3.63) is 29.8 Å². The maximum atomic E-state index is 10.9. The van der Waals surface area contributed by atoms with Gasteiger partial charge in [0.2, 0.25) is 0 Å². The molecule has 0 amide bonds. The highest BCUT2D eigenvalue weighted by Gasteiger charge is 2.27. The molecule has 0 spiro atoms. The lowest BCUT2D eigenvalue weighted by atomic mass is 9.96. The minimum atomic E-state index is 0.425. The molecule has 1 aliphatic heterocycles. The van der Waals surface area contributed by atoms with Crippen molar-refractivity contribution in [3.63, 3.8) is 0 Å². The zero-order chi connectivity index (χ0) is 21.2. The average molecular weight is 441 g/mol. The van der Waals surface area contributed by atoms with Crippen molar-refractivity contribution in [3.8, 4) is 5.75 Å². The van der Waals surface area contributed by atoms with Gasteiger partial charge in [-0.2, -0.15) is 0 Å². The van der Waals surface area contributed by atoms with Crippen molar-refractivity contribution < 1.29 is 14.4 Å². The van der Waals surface area contributed by atoms with Crippen LogP contribution in [0.1, 0.15) is 44.1 Å². The molecule has 2 fully saturated rings. The molecule has 2 aromatic carbocycles. The van der Waals surface area contributed by atoms with Gasteiger partial charge >= 0.3 is 5.13 Å². The first-order chi connectivity index (χ1) is 15.2. The number of thiazole rings is 1. The van der Waals surface area contributed by atoms with Crippen LogP contribution in [0.5, 0.6) is 5.75 Å². The van der Waals surface area contributed by atoms with Crippen molar-refractivity contribution in [1.82, 2.24) is 4.90 Å². The van der Waals surface area contributed by atoms with Crippen molar-refractivity contribution in [2.45, 2.75) is 58.0 Å². The maximum Gasteiger partial charge on any atom is 0.335 e. The SMILES string of the molecule is Cc1c(O)c2ccccc2c2c1sc(NC1CCCCC1)[n+]2CCCN1CCOCC1. The predicted molar refractivity (Wildman–Crippen MR) is 128 cm³/mol. The number of hydrogen-bond donors (Lipinski definition) is 2. The minimum absolute atomic E-state index is 0.425. The summed E-state index contributed by atoms with van der Waals surface area (Å²) in [6.07, 6.45) is 7.64. The Kier molecular flexibility index (Phi) is 6.30. The number of hydrogen-bond acceptors (Lipinski definition) is 5. The number of aromatic hydroxyl groups is 1. The molecule has 1 saturated heterocycles. The lowest BCUT2D eigenvalue weighted by Crippen LogP contribution is -2.41. The van der Waals surface area contributed by atoms with Crippen LogP contribution in [-0.2, 0) is 11.3 Å².